The molecule has 0 fully saturated rings. The summed E-state index contributed by atoms with van der Waals surface area (Å²) in [7, 11) is 0. The molecule has 2 amide bonds. The van der Waals surface area contributed by atoms with E-state index in [4.69, 9.17) is 11.5 Å². The fraction of sp³-hybridized carbons (Fsp3) is 0. The zero-order chi connectivity index (χ0) is 13.8. The van der Waals surface area contributed by atoms with E-state index in [1.54, 1.807) is 30.3 Å². The van der Waals surface area contributed by atoms with Gasteiger partial charge in [-0.2, -0.15) is 0 Å². The molecule has 0 saturated carbocycles. The van der Waals surface area contributed by atoms with Crippen molar-refractivity contribution in [3.8, 4) is 0 Å². The van der Waals surface area contributed by atoms with Crippen molar-refractivity contribution >= 4 is 23.2 Å². The highest BCUT2D eigenvalue weighted by atomic mass is 16.2. The number of primary amides is 1. The lowest BCUT2D eigenvalue weighted by molar-refractivity contribution is 0.100. The van der Waals surface area contributed by atoms with Crippen LogP contribution >= 0.6 is 0 Å². The minimum absolute atomic E-state index is 0.0989. The van der Waals surface area contributed by atoms with Gasteiger partial charge in [0.2, 0.25) is 0 Å². The van der Waals surface area contributed by atoms with Crippen molar-refractivity contribution < 1.29 is 9.59 Å². The monoisotopic (exact) mass is 256 g/mol. The van der Waals surface area contributed by atoms with Gasteiger partial charge in [0.25, 0.3) is 11.8 Å². The summed E-state index contributed by atoms with van der Waals surface area (Å²) in [6, 6.07) is 9.65. The number of rotatable bonds is 3. The van der Waals surface area contributed by atoms with Crippen LogP contribution in [-0.2, 0) is 0 Å². The van der Waals surface area contributed by atoms with Crippen LogP contribution in [0.4, 0.5) is 11.4 Å². The van der Waals surface area contributed by atoms with Gasteiger partial charge >= 0.3 is 0 Å². The molecule has 0 aliphatic carbocycles. The van der Waals surface area contributed by atoms with E-state index in [1.807, 2.05) is 0 Å². The van der Waals surface area contributed by atoms with Gasteiger partial charge < -0.3 is 16.8 Å². The summed E-state index contributed by atoms with van der Waals surface area (Å²) in [5, 5.41) is 2.57. The first-order chi connectivity index (χ1) is 9.09. The molecule has 6 heteroatoms. The molecule has 1 aromatic heterocycles. The van der Waals surface area contributed by atoms with Gasteiger partial charge in [0.1, 0.15) is 0 Å². The summed E-state index contributed by atoms with van der Waals surface area (Å²) >= 11 is 0. The summed E-state index contributed by atoms with van der Waals surface area (Å²) in [5.41, 5.74) is 11.8. The van der Waals surface area contributed by atoms with Crippen molar-refractivity contribution in [3.63, 3.8) is 0 Å². The summed E-state index contributed by atoms with van der Waals surface area (Å²) in [6.07, 6.45) is 1.46. The number of nitrogen functional groups attached to an aromatic ring is 1. The number of hydrogen-bond acceptors (Lipinski definition) is 4. The summed E-state index contributed by atoms with van der Waals surface area (Å²) < 4.78 is 0. The Morgan fingerprint density at radius 1 is 1.11 bits per heavy atom. The predicted molar refractivity (Wildman–Crippen MR) is 71.6 cm³/mol. The van der Waals surface area contributed by atoms with E-state index < -0.39 is 11.8 Å². The molecule has 96 valence electrons. The molecule has 2 rings (SSSR count). The third kappa shape index (κ3) is 2.68. The van der Waals surface area contributed by atoms with Crippen LogP contribution in [0.15, 0.2) is 42.6 Å². The minimum Gasteiger partial charge on any atom is -0.397 e. The van der Waals surface area contributed by atoms with Crippen LogP contribution in [0.1, 0.15) is 20.8 Å². The number of aromatic nitrogens is 1. The Morgan fingerprint density at radius 3 is 2.53 bits per heavy atom. The molecule has 2 aromatic rings. The van der Waals surface area contributed by atoms with E-state index in [9.17, 15) is 9.59 Å². The topological polar surface area (TPSA) is 111 Å². The van der Waals surface area contributed by atoms with Gasteiger partial charge in [-0.1, -0.05) is 12.1 Å². The SMILES string of the molecule is NC(=O)c1ccccc1NC(=O)c1ncccc1N. The number of nitrogens with zero attached hydrogens (tertiary/aromatic N) is 1. The third-order valence-corrected chi connectivity index (χ3v) is 2.49. The average molecular weight is 256 g/mol. The highest BCUT2D eigenvalue weighted by Gasteiger charge is 2.14. The lowest BCUT2D eigenvalue weighted by atomic mass is 10.1. The van der Waals surface area contributed by atoms with Crippen LogP contribution in [0.25, 0.3) is 0 Å². The third-order valence-electron chi connectivity index (χ3n) is 2.49. The number of hydrogen-bond donors (Lipinski definition) is 3. The molecule has 0 spiro atoms. The van der Waals surface area contributed by atoms with Crippen LogP contribution in [0.3, 0.4) is 0 Å². The van der Waals surface area contributed by atoms with Crippen molar-refractivity contribution in [3.05, 3.63) is 53.9 Å². The fourth-order valence-electron chi connectivity index (χ4n) is 1.60. The second-order valence-corrected chi connectivity index (χ2v) is 3.81. The predicted octanol–water partition coefficient (Wildman–Crippen LogP) is 1.02. The maximum Gasteiger partial charge on any atom is 0.276 e. The molecule has 0 aliphatic heterocycles. The molecule has 19 heavy (non-hydrogen) atoms. The molecule has 0 unspecified atom stereocenters. The number of benzene rings is 1. The van der Waals surface area contributed by atoms with Crippen molar-refractivity contribution in [2.45, 2.75) is 0 Å². The van der Waals surface area contributed by atoms with E-state index in [1.165, 1.54) is 12.3 Å². The van der Waals surface area contributed by atoms with E-state index >= 15 is 0 Å². The zero-order valence-electron chi connectivity index (χ0n) is 9.96. The number of amides is 2. The highest BCUT2D eigenvalue weighted by molar-refractivity contribution is 6.09. The Balaban J connectivity index is 2.30. The Morgan fingerprint density at radius 2 is 1.84 bits per heavy atom. The number of carbonyl (C=O) groups excluding carboxylic acids is 2. The van der Waals surface area contributed by atoms with Gasteiger partial charge in [-0.25, -0.2) is 4.98 Å². The first-order valence-corrected chi connectivity index (χ1v) is 5.50. The number of nitrogens with one attached hydrogen (secondary N) is 1. The second kappa shape index (κ2) is 5.18. The fourth-order valence-corrected chi connectivity index (χ4v) is 1.60. The Bertz CT molecular complexity index is 640. The molecular formula is C13H12N4O2. The highest BCUT2D eigenvalue weighted by Crippen LogP contribution is 2.16. The minimum atomic E-state index is -0.620. The van der Waals surface area contributed by atoms with Crippen LogP contribution in [0, 0.1) is 0 Å². The van der Waals surface area contributed by atoms with Crippen molar-refractivity contribution in [1.82, 2.24) is 4.98 Å². The molecule has 6 nitrogen and oxygen atoms in total. The Kier molecular flexibility index (Phi) is 3.42. The van der Waals surface area contributed by atoms with Gasteiger partial charge in [0, 0.05) is 6.20 Å². The van der Waals surface area contributed by atoms with Crippen LogP contribution in [0.5, 0.6) is 0 Å². The molecule has 0 bridgehead atoms. The quantitative estimate of drug-likeness (QED) is 0.761. The zero-order valence-corrected chi connectivity index (χ0v) is 9.96. The maximum atomic E-state index is 12.0. The maximum absolute atomic E-state index is 12.0. The second-order valence-electron chi connectivity index (χ2n) is 3.81. The molecule has 0 aliphatic rings. The summed E-state index contributed by atoms with van der Waals surface area (Å²) in [6.45, 7) is 0. The van der Waals surface area contributed by atoms with E-state index in [2.05, 4.69) is 10.3 Å². The number of anilines is 2. The molecule has 1 heterocycles. The Labute approximate surface area is 109 Å². The summed E-state index contributed by atoms with van der Waals surface area (Å²) in [5.74, 6) is -1.11. The van der Waals surface area contributed by atoms with Crippen molar-refractivity contribution in [2.75, 3.05) is 11.1 Å². The van der Waals surface area contributed by atoms with Gasteiger partial charge in [0.05, 0.1) is 16.9 Å². The average Bonchev–Trinajstić information content (AvgIpc) is 2.39. The van der Waals surface area contributed by atoms with Crippen molar-refractivity contribution in [2.24, 2.45) is 5.73 Å². The molecule has 0 saturated heterocycles. The molecule has 0 radical (unpaired) electrons. The number of nitrogens with two attached hydrogens (primary N) is 2. The Hall–Kier alpha value is -2.89. The van der Waals surface area contributed by atoms with E-state index in [0.717, 1.165) is 0 Å². The van der Waals surface area contributed by atoms with E-state index in [-0.39, 0.29) is 16.9 Å². The molecular weight excluding hydrogens is 244 g/mol. The molecule has 5 N–H and O–H groups in total. The first kappa shape index (κ1) is 12.6. The van der Waals surface area contributed by atoms with Crippen LogP contribution in [-0.4, -0.2) is 16.8 Å². The lowest BCUT2D eigenvalue weighted by Gasteiger charge is -2.09. The largest absolute Gasteiger partial charge is 0.397 e. The van der Waals surface area contributed by atoms with Gasteiger partial charge in [-0.15, -0.1) is 0 Å². The lowest BCUT2D eigenvalue weighted by Crippen LogP contribution is -2.19. The van der Waals surface area contributed by atoms with Gasteiger partial charge in [-0.3, -0.25) is 9.59 Å². The van der Waals surface area contributed by atoms with E-state index in [0.29, 0.717) is 5.69 Å². The number of carbonyl (C=O) groups is 2. The normalized spacial score (nSPS) is 9.89. The van der Waals surface area contributed by atoms with Crippen LogP contribution < -0.4 is 16.8 Å². The summed E-state index contributed by atoms with van der Waals surface area (Å²) in [4.78, 5) is 27.1. The first-order valence-electron chi connectivity index (χ1n) is 5.50. The molecule has 0 atom stereocenters. The number of pyridine rings is 1. The van der Waals surface area contributed by atoms with Crippen LogP contribution in [0.2, 0.25) is 0 Å². The molecule has 1 aromatic carbocycles. The van der Waals surface area contributed by atoms with Crippen molar-refractivity contribution in [1.29, 1.82) is 0 Å². The smallest absolute Gasteiger partial charge is 0.276 e. The standard InChI is InChI=1S/C13H12N4O2/c14-9-5-3-7-16-11(9)13(19)17-10-6-2-1-4-8(10)12(15)18/h1-7H,14H2,(H2,15,18)(H,17,19). The van der Waals surface area contributed by atoms with Gasteiger partial charge in [0.15, 0.2) is 5.69 Å². The van der Waals surface area contributed by atoms with Gasteiger partial charge in [-0.05, 0) is 24.3 Å². The number of para-hydroxylation sites is 1.